The minimum absolute atomic E-state index is 0.191. The molecule has 2 aromatic carbocycles. The fourth-order valence-corrected chi connectivity index (χ4v) is 3.07. The number of halogens is 3. The Labute approximate surface area is 146 Å². The van der Waals surface area contributed by atoms with E-state index in [1.807, 2.05) is 47.1 Å². The normalized spacial score (nSPS) is 11.3. The van der Waals surface area contributed by atoms with Gasteiger partial charge in [0.05, 0.1) is 5.69 Å². The molecule has 0 aliphatic rings. The van der Waals surface area contributed by atoms with E-state index in [-0.39, 0.29) is 6.54 Å². The van der Waals surface area contributed by atoms with E-state index in [9.17, 15) is 18.0 Å². The van der Waals surface area contributed by atoms with Crippen LogP contribution in [0.1, 0.15) is 5.56 Å². The maximum atomic E-state index is 12.2. The molecule has 0 atom stereocenters. The van der Waals surface area contributed by atoms with E-state index < -0.39 is 12.1 Å². The lowest BCUT2D eigenvalue weighted by Gasteiger charge is -2.08. The molecule has 0 spiro atoms. The van der Waals surface area contributed by atoms with Gasteiger partial charge in [-0.05, 0) is 11.6 Å². The van der Waals surface area contributed by atoms with Gasteiger partial charge in [0.2, 0.25) is 0 Å². The second-order valence-electron chi connectivity index (χ2n) is 5.28. The number of carbonyl (C=O) groups is 1. The van der Waals surface area contributed by atoms with Gasteiger partial charge in [0, 0.05) is 23.1 Å². The summed E-state index contributed by atoms with van der Waals surface area (Å²) in [5, 5.41) is 4.57. The van der Waals surface area contributed by atoms with Crippen LogP contribution in [0.25, 0.3) is 21.8 Å². The minimum atomic E-state index is -4.88. The molecule has 0 saturated carbocycles. The molecular formula is C18H13F3N2OS. The molecular weight excluding hydrogens is 349 g/mol. The minimum Gasteiger partial charge on any atom is -0.344 e. The van der Waals surface area contributed by atoms with Crippen LogP contribution in [0.5, 0.6) is 0 Å². The summed E-state index contributed by atoms with van der Waals surface area (Å²) in [5.41, 5.74) is 3.22. The van der Waals surface area contributed by atoms with Gasteiger partial charge in [0.25, 0.3) is 0 Å². The lowest BCUT2D eigenvalue weighted by molar-refractivity contribution is -0.173. The number of hydrogen-bond acceptors (Lipinski definition) is 3. The number of nitrogens with one attached hydrogen (secondary N) is 1. The first-order chi connectivity index (χ1) is 11.9. The Morgan fingerprint density at radius 2 is 1.76 bits per heavy atom. The number of rotatable bonds is 4. The highest BCUT2D eigenvalue weighted by Gasteiger charge is 2.38. The Morgan fingerprint density at radius 1 is 1.04 bits per heavy atom. The molecule has 3 nitrogen and oxygen atoms in total. The van der Waals surface area contributed by atoms with E-state index in [1.165, 1.54) is 11.3 Å². The number of aromatic nitrogens is 1. The second kappa shape index (κ2) is 7.06. The molecule has 0 aliphatic carbocycles. The lowest BCUT2D eigenvalue weighted by atomic mass is 10.1. The van der Waals surface area contributed by atoms with Crippen LogP contribution in [-0.2, 0) is 11.3 Å². The van der Waals surface area contributed by atoms with Crippen molar-refractivity contribution in [1.82, 2.24) is 10.3 Å². The van der Waals surface area contributed by atoms with E-state index in [4.69, 9.17) is 0 Å². The second-order valence-corrected chi connectivity index (χ2v) is 6.14. The van der Waals surface area contributed by atoms with E-state index in [1.54, 1.807) is 18.2 Å². The Kier molecular flexibility index (Phi) is 4.85. The van der Waals surface area contributed by atoms with Crippen molar-refractivity contribution in [2.45, 2.75) is 12.7 Å². The third-order valence-electron chi connectivity index (χ3n) is 3.46. The lowest BCUT2D eigenvalue weighted by Crippen LogP contribution is -2.36. The number of benzene rings is 2. The maximum Gasteiger partial charge on any atom is 0.471 e. The van der Waals surface area contributed by atoms with Crippen molar-refractivity contribution >= 4 is 17.2 Å². The highest BCUT2D eigenvalue weighted by Crippen LogP contribution is 2.29. The average molecular weight is 362 g/mol. The third-order valence-corrected chi connectivity index (χ3v) is 4.35. The molecule has 1 heterocycles. The van der Waals surface area contributed by atoms with E-state index in [2.05, 4.69) is 4.98 Å². The molecule has 0 aliphatic heterocycles. The van der Waals surface area contributed by atoms with Crippen molar-refractivity contribution in [3.8, 4) is 21.8 Å². The molecule has 0 radical (unpaired) electrons. The van der Waals surface area contributed by atoms with Gasteiger partial charge < -0.3 is 5.32 Å². The van der Waals surface area contributed by atoms with Gasteiger partial charge in [-0.15, -0.1) is 11.3 Å². The summed E-state index contributed by atoms with van der Waals surface area (Å²) >= 11 is 1.46. The predicted molar refractivity (Wildman–Crippen MR) is 90.9 cm³/mol. The third kappa shape index (κ3) is 4.24. The predicted octanol–water partition coefficient (Wildman–Crippen LogP) is 4.66. The molecule has 0 saturated heterocycles. The quantitative estimate of drug-likeness (QED) is 0.734. The number of alkyl halides is 3. The van der Waals surface area contributed by atoms with Crippen molar-refractivity contribution < 1.29 is 18.0 Å². The van der Waals surface area contributed by atoms with Gasteiger partial charge in [0.1, 0.15) is 5.01 Å². The molecule has 0 unspecified atom stereocenters. The van der Waals surface area contributed by atoms with Gasteiger partial charge in [-0.1, -0.05) is 48.5 Å². The van der Waals surface area contributed by atoms with Crippen LogP contribution in [0, 0.1) is 0 Å². The number of amides is 1. The molecule has 128 valence electrons. The zero-order chi connectivity index (χ0) is 17.9. The molecule has 0 fully saturated rings. The van der Waals surface area contributed by atoms with E-state index >= 15 is 0 Å². The maximum absolute atomic E-state index is 12.2. The molecule has 0 bridgehead atoms. The highest BCUT2D eigenvalue weighted by molar-refractivity contribution is 7.13. The van der Waals surface area contributed by atoms with Crippen molar-refractivity contribution in [3.05, 3.63) is 65.5 Å². The molecule has 1 aromatic heterocycles. The monoisotopic (exact) mass is 362 g/mol. The highest BCUT2D eigenvalue weighted by atomic mass is 32.1. The van der Waals surface area contributed by atoms with E-state index in [0.717, 1.165) is 21.8 Å². The van der Waals surface area contributed by atoms with Gasteiger partial charge >= 0.3 is 12.1 Å². The van der Waals surface area contributed by atoms with Crippen molar-refractivity contribution in [3.63, 3.8) is 0 Å². The summed E-state index contributed by atoms with van der Waals surface area (Å²) < 4.78 is 36.7. The summed E-state index contributed by atoms with van der Waals surface area (Å²) in [7, 11) is 0. The van der Waals surface area contributed by atoms with Crippen LogP contribution >= 0.6 is 11.3 Å². The number of carbonyl (C=O) groups excluding carboxylic acids is 1. The van der Waals surface area contributed by atoms with Crippen molar-refractivity contribution in [1.29, 1.82) is 0 Å². The molecule has 1 N–H and O–H groups in total. The standard InChI is InChI=1S/C18H13F3N2OS/c19-18(20,21)17(24)22-10-12-5-4-8-14(9-12)16-23-15(11-25-16)13-6-2-1-3-7-13/h1-9,11H,10H2,(H,22,24). The molecule has 3 rings (SSSR count). The smallest absolute Gasteiger partial charge is 0.344 e. The van der Waals surface area contributed by atoms with Gasteiger partial charge in [-0.2, -0.15) is 13.2 Å². The first-order valence-corrected chi connectivity index (χ1v) is 8.27. The van der Waals surface area contributed by atoms with Crippen LogP contribution in [-0.4, -0.2) is 17.1 Å². The van der Waals surface area contributed by atoms with Crippen LogP contribution in [0.4, 0.5) is 13.2 Å². The van der Waals surface area contributed by atoms with Gasteiger partial charge in [-0.3, -0.25) is 4.79 Å². The number of thiazole rings is 1. The fourth-order valence-electron chi connectivity index (χ4n) is 2.24. The first-order valence-electron chi connectivity index (χ1n) is 7.39. The number of nitrogens with zero attached hydrogens (tertiary/aromatic N) is 1. The topological polar surface area (TPSA) is 42.0 Å². The zero-order valence-electron chi connectivity index (χ0n) is 12.9. The zero-order valence-corrected chi connectivity index (χ0v) is 13.7. The Hall–Kier alpha value is -2.67. The fraction of sp³-hybridized carbons (Fsp3) is 0.111. The summed E-state index contributed by atoms with van der Waals surface area (Å²) in [6.07, 6.45) is -4.88. The van der Waals surface area contributed by atoms with Gasteiger partial charge in [-0.25, -0.2) is 4.98 Å². The van der Waals surface area contributed by atoms with Crippen LogP contribution in [0.3, 0.4) is 0 Å². The Balaban J connectivity index is 1.76. The summed E-state index contributed by atoms with van der Waals surface area (Å²) in [6, 6.07) is 16.7. The van der Waals surface area contributed by atoms with Crippen LogP contribution in [0.15, 0.2) is 60.0 Å². The average Bonchev–Trinajstić information content (AvgIpc) is 3.10. The number of hydrogen-bond donors (Lipinski definition) is 1. The summed E-state index contributed by atoms with van der Waals surface area (Å²) in [4.78, 5) is 15.5. The molecule has 3 aromatic rings. The van der Waals surface area contributed by atoms with Crippen molar-refractivity contribution in [2.75, 3.05) is 0 Å². The Morgan fingerprint density at radius 3 is 2.48 bits per heavy atom. The first kappa shape index (κ1) is 17.2. The van der Waals surface area contributed by atoms with E-state index in [0.29, 0.717) is 5.56 Å². The van der Waals surface area contributed by atoms with Crippen LogP contribution < -0.4 is 5.32 Å². The summed E-state index contributed by atoms with van der Waals surface area (Å²) in [6.45, 7) is -0.191. The molecule has 1 amide bonds. The summed E-state index contributed by atoms with van der Waals surface area (Å²) in [5.74, 6) is -1.95. The molecule has 7 heteroatoms. The SMILES string of the molecule is O=C(NCc1cccc(-c2nc(-c3ccccc3)cs2)c1)C(F)(F)F. The van der Waals surface area contributed by atoms with Crippen LogP contribution in [0.2, 0.25) is 0 Å². The largest absolute Gasteiger partial charge is 0.471 e. The van der Waals surface area contributed by atoms with Gasteiger partial charge in [0.15, 0.2) is 0 Å². The Bertz CT molecular complexity index is 875. The molecule has 25 heavy (non-hydrogen) atoms. The van der Waals surface area contributed by atoms with Crippen molar-refractivity contribution in [2.24, 2.45) is 0 Å².